The summed E-state index contributed by atoms with van der Waals surface area (Å²) in [5.74, 6) is -0.171. The van der Waals surface area contributed by atoms with Gasteiger partial charge in [0.15, 0.2) is 11.5 Å². The van der Waals surface area contributed by atoms with Crippen molar-refractivity contribution in [2.75, 3.05) is 33.9 Å². The van der Waals surface area contributed by atoms with Crippen LogP contribution in [0.3, 0.4) is 0 Å². The molecular weight excluding hydrogens is 399 g/mol. The summed E-state index contributed by atoms with van der Waals surface area (Å²) in [5, 5.41) is 0. The zero-order valence-corrected chi connectivity index (χ0v) is 17.9. The molecule has 1 fully saturated rings. The highest BCUT2D eigenvalue weighted by Gasteiger charge is 2.37. The first kappa shape index (κ1) is 21.2. The fraction of sp³-hybridized carbons (Fsp3) is 0.417. The molecule has 0 saturated carbocycles. The summed E-state index contributed by atoms with van der Waals surface area (Å²) < 4.78 is 24.5. The van der Waals surface area contributed by atoms with Gasteiger partial charge in [-0.3, -0.25) is 9.59 Å². The second-order valence-corrected chi connectivity index (χ2v) is 7.96. The molecule has 2 heterocycles. The maximum Gasteiger partial charge on any atom is 0.312 e. The molecule has 0 aliphatic carbocycles. The SMILES string of the molecule is COc1cc2c(cc1OC)C(c1ccc(F)cc1)N(C(=O)C(=O)N1CCCCC1)CC2. The molecular formula is C24H27FN2O4. The summed E-state index contributed by atoms with van der Waals surface area (Å²) in [6.07, 6.45) is 3.50. The van der Waals surface area contributed by atoms with Gasteiger partial charge in [0.05, 0.1) is 20.3 Å². The molecule has 2 amide bonds. The van der Waals surface area contributed by atoms with E-state index in [0.29, 0.717) is 37.6 Å². The molecule has 4 rings (SSSR count). The smallest absolute Gasteiger partial charge is 0.312 e. The van der Waals surface area contributed by atoms with Crippen molar-refractivity contribution in [3.8, 4) is 11.5 Å². The number of nitrogens with zero attached hydrogens (tertiary/aromatic N) is 2. The number of methoxy groups -OCH3 is 2. The van der Waals surface area contributed by atoms with Crippen LogP contribution in [0.15, 0.2) is 36.4 Å². The van der Waals surface area contributed by atoms with Crippen LogP contribution in [-0.2, 0) is 16.0 Å². The Kier molecular flexibility index (Phi) is 6.11. The Hall–Kier alpha value is -3.09. The van der Waals surface area contributed by atoms with E-state index in [1.807, 2.05) is 12.1 Å². The molecule has 6 nitrogen and oxygen atoms in total. The quantitative estimate of drug-likeness (QED) is 0.707. The average Bonchev–Trinajstić information content (AvgIpc) is 2.82. The Morgan fingerprint density at radius 1 is 0.903 bits per heavy atom. The van der Waals surface area contributed by atoms with E-state index in [4.69, 9.17) is 9.47 Å². The Balaban J connectivity index is 1.75. The number of piperidine rings is 1. The van der Waals surface area contributed by atoms with Gasteiger partial charge in [-0.05, 0) is 66.6 Å². The lowest BCUT2D eigenvalue weighted by atomic mass is 9.87. The van der Waals surface area contributed by atoms with Gasteiger partial charge in [-0.15, -0.1) is 0 Å². The summed E-state index contributed by atoms with van der Waals surface area (Å²) in [5.41, 5.74) is 2.62. The highest BCUT2D eigenvalue weighted by Crippen LogP contribution is 2.41. The van der Waals surface area contributed by atoms with Crippen molar-refractivity contribution in [1.82, 2.24) is 9.80 Å². The zero-order chi connectivity index (χ0) is 22.0. The normalized spacial score (nSPS) is 18.4. The first-order chi connectivity index (χ1) is 15.0. The van der Waals surface area contributed by atoms with Crippen LogP contribution in [0.25, 0.3) is 0 Å². The van der Waals surface area contributed by atoms with Crippen LogP contribution in [0.1, 0.15) is 42.0 Å². The van der Waals surface area contributed by atoms with Crippen LogP contribution < -0.4 is 9.47 Å². The fourth-order valence-corrected chi connectivity index (χ4v) is 4.52. The molecule has 7 heteroatoms. The van der Waals surface area contributed by atoms with E-state index >= 15 is 0 Å². The molecule has 0 N–H and O–H groups in total. The maximum atomic E-state index is 13.6. The molecule has 2 aliphatic rings. The van der Waals surface area contributed by atoms with Crippen LogP contribution in [0.5, 0.6) is 11.5 Å². The first-order valence-corrected chi connectivity index (χ1v) is 10.6. The molecule has 1 unspecified atom stereocenters. The lowest BCUT2D eigenvalue weighted by molar-refractivity contribution is -0.153. The number of likely N-dealkylation sites (tertiary alicyclic amines) is 1. The number of benzene rings is 2. The van der Waals surface area contributed by atoms with Gasteiger partial charge in [-0.1, -0.05) is 12.1 Å². The summed E-state index contributed by atoms with van der Waals surface area (Å²) in [4.78, 5) is 29.6. The van der Waals surface area contributed by atoms with E-state index < -0.39 is 17.9 Å². The van der Waals surface area contributed by atoms with Gasteiger partial charge >= 0.3 is 11.8 Å². The minimum absolute atomic E-state index is 0.352. The molecule has 2 aliphatic heterocycles. The highest BCUT2D eigenvalue weighted by molar-refractivity contribution is 6.35. The molecule has 1 atom stereocenters. The van der Waals surface area contributed by atoms with Crippen molar-refractivity contribution in [1.29, 1.82) is 0 Å². The lowest BCUT2D eigenvalue weighted by Gasteiger charge is -2.39. The van der Waals surface area contributed by atoms with Gasteiger partial charge in [0.2, 0.25) is 0 Å². The Bertz CT molecular complexity index is 970. The number of hydrogen-bond acceptors (Lipinski definition) is 4. The summed E-state index contributed by atoms with van der Waals surface area (Å²) in [6.45, 7) is 1.62. The summed E-state index contributed by atoms with van der Waals surface area (Å²) in [7, 11) is 3.14. The van der Waals surface area contributed by atoms with E-state index in [9.17, 15) is 14.0 Å². The molecule has 0 spiro atoms. The fourth-order valence-electron chi connectivity index (χ4n) is 4.52. The minimum Gasteiger partial charge on any atom is -0.493 e. The molecule has 1 saturated heterocycles. The van der Waals surface area contributed by atoms with Crippen molar-refractivity contribution < 1.29 is 23.5 Å². The van der Waals surface area contributed by atoms with Gasteiger partial charge in [-0.25, -0.2) is 4.39 Å². The molecule has 164 valence electrons. The third kappa shape index (κ3) is 4.09. The van der Waals surface area contributed by atoms with Crippen LogP contribution >= 0.6 is 0 Å². The topological polar surface area (TPSA) is 59.1 Å². The number of halogens is 1. The molecule has 2 aromatic rings. The number of fused-ring (bicyclic) bond motifs is 1. The number of ether oxygens (including phenoxy) is 2. The largest absolute Gasteiger partial charge is 0.493 e. The van der Waals surface area contributed by atoms with E-state index in [-0.39, 0.29) is 5.82 Å². The molecule has 31 heavy (non-hydrogen) atoms. The zero-order valence-electron chi connectivity index (χ0n) is 17.9. The molecule has 0 radical (unpaired) electrons. The van der Waals surface area contributed by atoms with E-state index in [1.54, 1.807) is 36.2 Å². The summed E-state index contributed by atoms with van der Waals surface area (Å²) >= 11 is 0. The minimum atomic E-state index is -0.517. The second-order valence-electron chi connectivity index (χ2n) is 7.96. The van der Waals surface area contributed by atoms with Crippen molar-refractivity contribution in [3.05, 3.63) is 58.9 Å². The molecule has 0 aromatic heterocycles. The Labute approximate surface area is 181 Å². The number of carbonyl (C=O) groups excluding carboxylic acids is 2. The van der Waals surface area contributed by atoms with E-state index in [1.165, 1.54) is 12.1 Å². The maximum absolute atomic E-state index is 13.6. The molecule has 2 aromatic carbocycles. The third-order valence-corrected chi connectivity index (χ3v) is 6.15. The summed E-state index contributed by atoms with van der Waals surface area (Å²) in [6, 6.07) is 9.34. The van der Waals surface area contributed by atoms with Gasteiger partial charge in [0.1, 0.15) is 5.82 Å². The monoisotopic (exact) mass is 426 g/mol. The predicted molar refractivity (Wildman–Crippen MR) is 114 cm³/mol. The standard InChI is InChI=1S/C24H27FN2O4/c1-30-20-14-17-10-13-27(24(29)23(28)26-11-4-3-5-12-26)22(19(17)15-21(20)31-2)16-6-8-18(25)9-7-16/h6-9,14-15,22H,3-5,10-13H2,1-2H3. The van der Waals surface area contributed by atoms with E-state index in [2.05, 4.69) is 0 Å². The van der Waals surface area contributed by atoms with Gasteiger partial charge in [-0.2, -0.15) is 0 Å². The van der Waals surface area contributed by atoms with Crippen molar-refractivity contribution in [3.63, 3.8) is 0 Å². The van der Waals surface area contributed by atoms with Crippen LogP contribution in [0, 0.1) is 5.82 Å². The second kappa shape index (κ2) is 8.96. The number of rotatable bonds is 3. The van der Waals surface area contributed by atoms with Crippen molar-refractivity contribution in [2.24, 2.45) is 0 Å². The van der Waals surface area contributed by atoms with Gasteiger partial charge in [0.25, 0.3) is 0 Å². The predicted octanol–water partition coefficient (Wildman–Crippen LogP) is 3.33. The third-order valence-electron chi connectivity index (χ3n) is 6.15. The van der Waals surface area contributed by atoms with Gasteiger partial charge in [0, 0.05) is 19.6 Å². The number of amides is 2. The van der Waals surface area contributed by atoms with Crippen LogP contribution in [-0.4, -0.2) is 55.5 Å². The van der Waals surface area contributed by atoms with Crippen LogP contribution in [0.2, 0.25) is 0 Å². The van der Waals surface area contributed by atoms with E-state index in [0.717, 1.165) is 36.0 Å². The first-order valence-electron chi connectivity index (χ1n) is 10.6. The number of hydrogen-bond donors (Lipinski definition) is 0. The molecule has 0 bridgehead atoms. The average molecular weight is 426 g/mol. The van der Waals surface area contributed by atoms with Gasteiger partial charge < -0.3 is 19.3 Å². The highest BCUT2D eigenvalue weighted by atomic mass is 19.1. The Morgan fingerprint density at radius 2 is 1.55 bits per heavy atom. The van der Waals surface area contributed by atoms with Crippen LogP contribution in [0.4, 0.5) is 4.39 Å². The number of carbonyl (C=O) groups is 2. The van der Waals surface area contributed by atoms with Crippen molar-refractivity contribution >= 4 is 11.8 Å². The Morgan fingerprint density at radius 3 is 2.19 bits per heavy atom. The lowest BCUT2D eigenvalue weighted by Crippen LogP contribution is -2.50. The van der Waals surface area contributed by atoms with Crippen molar-refractivity contribution in [2.45, 2.75) is 31.7 Å².